The molecule has 5 heteroatoms. The number of rotatable bonds is 4. The Kier molecular flexibility index (Phi) is 6.98. The van der Waals surface area contributed by atoms with Crippen LogP contribution in [0.5, 0.6) is 5.75 Å². The first-order valence-electron chi connectivity index (χ1n) is 6.24. The average Bonchev–Trinajstić information content (AvgIpc) is 2.42. The van der Waals surface area contributed by atoms with Gasteiger partial charge in [0, 0.05) is 0 Å². The minimum atomic E-state index is 0. The normalized spacial score (nSPS) is 10.5. The maximum atomic E-state index is 12.5. The number of halogens is 1. The molecular formula is C16H17ClLiO2P. The van der Waals surface area contributed by atoms with E-state index < -0.39 is 0 Å². The summed E-state index contributed by atoms with van der Waals surface area (Å²) in [5.41, 5.74) is 2.74. The van der Waals surface area contributed by atoms with E-state index in [1.54, 1.807) is 25.3 Å². The summed E-state index contributed by atoms with van der Waals surface area (Å²) in [6, 6.07) is 11.4. The van der Waals surface area contributed by atoms with E-state index in [1.165, 1.54) is 0 Å². The van der Waals surface area contributed by atoms with Crippen molar-refractivity contribution in [2.24, 2.45) is 0 Å². The van der Waals surface area contributed by atoms with Gasteiger partial charge in [-0.15, -0.1) is 0 Å². The van der Waals surface area contributed by atoms with Gasteiger partial charge in [-0.05, 0) is 45.4 Å². The number of methoxy groups -OCH3 is 1. The second-order valence-corrected chi connectivity index (χ2v) is 6.24. The summed E-state index contributed by atoms with van der Waals surface area (Å²) < 4.78 is 5.24. The molecule has 0 aliphatic carbocycles. The Morgan fingerprint density at radius 3 is 2.62 bits per heavy atom. The van der Waals surface area contributed by atoms with Crippen LogP contribution in [0.1, 0.15) is 22.9 Å². The van der Waals surface area contributed by atoms with Crippen molar-refractivity contribution < 1.29 is 29.8 Å². The molecule has 2 nitrogen and oxygen atoms in total. The molecular weight excluding hydrogens is 298 g/mol. The summed E-state index contributed by atoms with van der Waals surface area (Å²) in [5.74, 6) is 0.528. The van der Waals surface area contributed by atoms with Crippen molar-refractivity contribution in [1.29, 1.82) is 0 Å². The summed E-state index contributed by atoms with van der Waals surface area (Å²) in [6.45, 7) is 4.03. The third-order valence-electron chi connectivity index (χ3n) is 3.06. The number of aryl methyl sites for hydroxylation is 2. The number of ether oxygens (including phenoxy) is 1. The molecule has 0 fully saturated rings. The molecule has 1 unspecified atom stereocenters. The van der Waals surface area contributed by atoms with E-state index in [1.807, 2.05) is 26.0 Å². The number of carbonyl (C=O) groups excluding carboxylic acids is 1. The Morgan fingerprint density at radius 1 is 1.24 bits per heavy atom. The van der Waals surface area contributed by atoms with Crippen molar-refractivity contribution in [3.63, 3.8) is 0 Å². The summed E-state index contributed by atoms with van der Waals surface area (Å²) in [4.78, 5) is 12.5. The van der Waals surface area contributed by atoms with Crippen LogP contribution in [0, 0.1) is 13.8 Å². The average molecular weight is 315 g/mol. The molecule has 0 aliphatic rings. The molecule has 0 spiro atoms. The standard InChI is InChI=1S/C16H16ClO2P.Li.H/c1-10-7-8-11(2)14(9-10)20-16(18)15-12(17)5-4-6-13(15)19-3;;/h4-9,20H,1-3H3;;/q;+1;-1. The number of carbonyl (C=O) groups is 1. The second-order valence-electron chi connectivity index (χ2n) is 4.59. The Hall–Kier alpha value is -0.773. The van der Waals surface area contributed by atoms with Gasteiger partial charge in [0.25, 0.3) is 0 Å². The Balaban J connectivity index is 0.00000220. The van der Waals surface area contributed by atoms with E-state index in [9.17, 15) is 4.79 Å². The first-order chi connectivity index (χ1) is 9.52. The van der Waals surface area contributed by atoms with Crippen molar-refractivity contribution in [2.45, 2.75) is 13.8 Å². The Bertz CT molecular complexity index is 665. The van der Waals surface area contributed by atoms with Crippen LogP contribution in [-0.4, -0.2) is 12.6 Å². The van der Waals surface area contributed by atoms with Gasteiger partial charge in [0.15, 0.2) is 5.52 Å². The molecule has 0 bridgehead atoms. The first kappa shape index (κ1) is 18.3. The smallest absolute Gasteiger partial charge is 1.00 e. The maximum absolute atomic E-state index is 12.5. The summed E-state index contributed by atoms with van der Waals surface area (Å²) in [5, 5.41) is 1.49. The van der Waals surface area contributed by atoms with Crippen LogP contribution in [0.4, 0.5) is 0 Å². The molecule has 0 N–H and O–H groups in total. The molecule has 0 saturated heterocycles. The van der Waals surface area contributed by atoms with E-state index >= 15 is 0 Å². The fourth-order valence-corrected chi connectivity index (χ4v) is 3.49. The van der Waals surface area contributed by atoms with Gasteiger partial charge in [-0.3, -0.25) is 4.79 Å². The molecule has 0 amide bonds. The predicted molar refractivity (Wildman–Crippen MR) is 87.3 cm³/mol. The monoisotopic (exact) mass is 314 g/mol. The van der Waals surface area contributed by atoms with E-state index in [0.29, 0.717) is 16.3 Å². The van der Waals surface area contributed by atoms with Crippen LogP contribution in [0.3, 0.4) is 0 Å². The zero-order valence-electron chi connectivity index (χ0n) is 13.7. The number of benzene rings is 2. The third kappa shape index (κ3) is 4.35. The van der Waals surface area contributed by atoms with Gasteiger partial charge < -0.3 is 6.16 Å². The number of hydrogen-bond donors (Lipinski definition) is 0. The van der Waals surface area contributed by atoms with Crippen LogP contribution in [0.25, 0.3) is 0 Å². The molecule has 1 atom stereocenters. The number of hydrogen-bond acceptors (Lipinski definition) is 2. The summed E-state index contributed by atoms with van der Waals surface area (Å²) in [7, 11) is 1.59. The van der Waals surface area contributed by atoms with E-state index in [-0.39, 0.29) is 34.4 Å². The van der Waals surface area contributed by atoms with Crippen molar-refractivity contribution in [3.8, 4) is 5.75 Å². The minimum Gasteiger partial charge on any atom is -1.00 e. The molecule has 2 aromatic rings. The van der Waals surface area contributed by atoms with Gasteiger partial charge in [0.2, 0.25) is 0 Å². The maximum Gasteiger partial charge on any atom is 1.00 e. The fraction of sp³-hybridized carbons (Fsp3) is 0.188. The van der Waals surface area contributed by atoms with Gasteiger partial charge in [-0.25, -0.2) is 0 Å². The summed E-state index contributed by atoms with van der Waals surface area (Å²) >= 11 is 6.14. The van der Waals surface area contributed by atoms with Crippen molar-refractivity contribution in [2.75, 3.05) is 7.11 Å². The third-order valence-corrected chi connectivity index (χ3v) is 4.66. The zero-order chi connectivity index (χ0) is 14.7. The van der Waals surface area contributed by atoms with E-state index in [4.69, 9.17) is 16.3 Å². The molecule has 0 aromatic heterocycles. The topological polar surface area (TPSA) is 26.3 Å². The molecule has 106 valence electrons. The molecule has 2 aromatic carbocycles. The molecule has 0 heterocycles. The SMILES string of the molecule is COc1cccc(Cl)c1C(=O)Pc1cc(C)ccc1C.[H-].[Li+]. The largest absolute Gasteiger partial charge is 1.00 e. The van der Waals surface area contributed by atoms with Gasteiger partial charge in [-0.2, -0.15) is 0 Å². The van der Waals surface area contributed by atoms with E-state index in [2.05, 4.69) is 6.07 Å². The van der Waals surface area contributed by atoms with Crippen molar-refractivity contribution in [1.82, 2.24) is 0 Å². The van der Waals surface area contributed by atoms with Crippen LogP contribution < -0.4 is 28.9 Å². The van der Waals surface area contributed by atoms with Crippen LogP contribution in [-0.2, 0) is 0 Å². The molecule has 2 rings (SSSR count). The molecule has 0 radical (unpaired) electrons. The van der Waals surface area contributed by atoms with Gasteiger partial charge in [0.1, 0.15) is 5.75 Å². The Labute approximate surface area is 145 Å². The van der Waals surface area contributed by atoms with Crippen molar-refractivity contribution >= 4 is 31.0 Å². The van der Waals surface area contributed by atoms with Gasteiger partial charge in [0.05, 0.1) is 17.7 Å². The van der Waals surface area contributed by atoms with Crippen molar-refractivity contribution in [3.05, 3.63) is 58.1 Å². The zero-order valence-corrected chi connectivity index (χ0v) is 14.4. The summed E-state index contributed by atoms with van der Waals surface area (Å²) in [6.07, 6.45) is 0. The quantitative estimate of drug-likeness (QED) is 0.627. The first-order valence-corrected chi connectivity index (χ1v) is 7.62. The molecule has 21 heavy (non-hydrogen) atoms. The van der Waals surface area contributed by atoms with Crippen LogP contribution in [0.2, 0.25) is 5.02 Å². The second kappa shape index (κ2) is 8.02. The fourth-order valence-electron chi connectivity index (χ4n) is 1.95. The molecule has 0 saturated carbocycles. The Morgan fingerprint density at radius 2 is 1.95 bits per heavy atom. The van der Waals surface area contributed by atoms with Crippen LogP contribution >= 0.6 is 20.2 Å². The molecule has 0 aliphatic heterocycles. The van der Waals surface area contributed by atoms with Gasteiger partial charge in [-0.1, -0.05) is 41.4 Å². The minimum absolute atomic E-state index is 0. The van der Waals surface area contributed by atoms with Gasteiger partial charge >= 0.3 is 18.9 Å². The predicted octanol–water partition coefficient (Wildman–Crippen LogP) is 1.23. The van der Waals surface area contributed by atoms with Crippen LogP contribution in [0.15, 0.2) is 36.4 Å². The van der Waals surface area contributed by atoms with E-state index in [0.717, 1.165) is 16.4 Å².